The first kappa shape index (κ1) is 30.3. The third-order valence-corrected chi connectivity index (χ3v) is 9.74. The second kappa shape index (κ2) is 13.3. The number of hydrogen-bond donors (Lipinski definition) is 1. The van der Waals surface area contributed by atoms with Crippen molar-refractivity contribution in [1.29, 1.82) is 0 Å². The highest BCUT2D eigenvalue weighted by Crippen LogP contribution is 2.27. The molecule has 0 aliphatic heterocycles. The van der Waals surface area contributed by atoms with Gasteiger partial charge in [0, 0.05) is 12.6 Å². The van der Waals surface area contributed by atoms with Crippen molar-refractivity contribution in [1.82, 2.24) is 10.2 Å². The molecule has 3 aromatic rings. The molecule has 1 aliphatic carbocycles. The summed E-state index contributed by atoms with van der Waals surface area (Å²) >= 11 is 0. The maximum absolute atomic E-state index is 14.2. The first-order valence-electron chi connectivity index (χ1n) is 14.4. The van der Waals surface area contributed by atoms with E-state index < -0.39 is 28.5 Å². The van der Waals surface area contributed by atoms with Gasteiger partial charge in [-0.2, -0.15) is 0 Å². The zero-order chi connectivity index (χ0) is 29.6. The summed E-state index contributed by atoms with van der Waals surface area (Å²) in [5.74, 6) is -0.625. The Balaban J connectivity index is 1.72. The van der Waals surface area contributed by atoms with E-state index in [2.05, 4.69) is 5.32 Å². The van der Waals surface area contributed by atoms with Crippen molar-refractivity contribution in [3.05, 3.63) is 95.1 Å². The van der Waals surface area contributed by atoms with Crippen LogP contribution in [-0.4, -0.2) is 43.8 Å². The van der Waals surface area contributed by atoms with Crippen molar-refractivity contribution in [2.24, 2.45) is 0 Å². The first-order valence-corrected chi connectivity index (χ1v) is 15.8. The summed E-state index contributed by atoms with van der Waals surface area (Å²) < 4.78 is 29.1. The fourth-order valence-electron chi connectivity index (χ4n) is 5.31. The van der Waals surface area contributed by atoms with E-state index in [-0.39, 0.29) is 23.4 Å². The Hall–Kier alpha value is -3.65. The minimum atomic E-state index is -4.08. The Kier molecular flexibility index (Phi) is 9.86. The van der Waals surface area contributed by atoms with Gasteiger partial charge in [0.1, 0.15) is 12.6 Å². The molecule has 0 radical (unpaired) electrons. The molecule has 1 aliphatic rings. The second-order valence-corrected chi connectivity index (χ2v) is 12.9. The van der Waals surface area contributed by atoms with Gasteiger partial charge in [-0.3, -0.25) is 13.9 Å². The van der Waals surface area contributed by atoms with Crippen molar-refractivity contribution < 1.29 is 18.0 Å². The third-order valence-electron chi connectivity index (χ3n) is 7.95. The van der Waals surface area contributed by atoms with E-state index >= 15 is 0 Å². The van der Waals surface area contributed by atoms with E-state index in [4.69, 9.17) is 0 Å². The molecule has 1 fully saturated rings. The topological polar surface area (TPSA) is 86.8 Å². The quantitative estimate of drug-likeness (QED) is 0.319. The number of benzene rings is 3. The summed E-state index contributed by atoms with van der Waals surface area (Å²) in [6.45, 7) is 7.51. The number of carbonyl (C=O) groups is 2. The molecule has 1 N–H and O–H groups in total. The summed E-state index contributed by atoms with van der Waals surface area (Å²) in [7, 11) is -4.08. The molecule has 7 nitrogen and oxygen atoms in total. The van der Waals surface area contributed by atoms with Crippen LogP contribution in [0.3, 0.4) is 0 Å². The van der Waals surface area contributed by atoms with Crippen LogP contribution in [0, 0.1) is 20.8 Å². The lowest BCUT2D eigenvalue weighted by Crippen LogP contribution is -2.53. The molecule has 8 heteroatoms. The molecule has 0 heterocycles. The molecule has 1 saturated carbocycles. The summed E-state index contributed by atoms with van der Waals surface area (Å²) in [6.07, 6.45) is 4.44. The SMILES string of the molecule is CC[C@@H](C(=O)NC1CCCC1)N(Cc1ccc(C)cc1)C(=O)CN(c1ccc(C)c(C)c1)S(=O)(=O)c1ccccc1. The van der Waals surface area contributed by atoms with Crippen molar-refractivity contribution in [3.8, 4) is 0 Å². The molecule has 41 heavy (non-hydrogen) atoms. The highest BCUT2D eigenvalue weighted by atomic mass is 32.2. The molecule has 218 valence electrons. The molecule has 0 saturated heterocycles. The Bertz CT molecular complexity index is 1450. The molecular formula is C33H41N3O4S. The van der Waals surface area contributed by atoms with Gasteiger partial charge in [0.15, 0.2) is 0 Å². The Morgan fingerprint density at radius 2 is 1.56 bits per heavy atom. The molecular weight excluding hydrogens is 534 g/mol. The van der Waals surface area contributed by atoms with E-state index in [9.17, 15) is 18.0 Å². The van der Waals surface area contributed by atoms with Crippen LogP contribution in [0.25, 0.3) is 0 Å². The average Bonchev–Trinajstić information content (AvgIpc) is 3.47. The highest BCUT2D eigenvalue weighted by Gasteiger charge is 2.34. The number of sulfonamides is 1. The van der Waals surface area contributed by atoms with Gasteiger partial charge in [-0.1, -0.05) is 73.9 Å². The van der Waals surface area contributed by atoms with Gasteiger partial charge in [0.05, 0.1) is 10.6 Å². The van der Waals surface area contributed by atoms with Gasteiger partial charge in [-0.25, -0.2) is 8.42 Å². The Labute approximate surface area is 244 Å². The minimum Gasteiger partial charge on any atom is -0.352 e. The zero-order valence-electron chi connectivity index (χ0n) is 24.5. The monoisotopic (exact) mass is 575 g/mol. The van der Waals surface area contributed by atoms with Gasteiger partial charge in [0.25, 0.3) is 10.0 Å². The lowest BCUT2D eigenvalue weighted by Gasteiger charge is -2.34. The van der Waals surface area contributed by atoms with Gasteiger partial charge >= 0.3 is 0 Å². The van der Waals surface area contributed by atoms with Gasteiger partial charge < -0.3 is 10.2 Å². The maximum atomic E-state index is 14.2. The first-order chi connectivity index (χ1) is 19.6. The van der Waals surface area contributed by atoms with Crippen molar-refractivity contribution >= 4 is 27.5 Å². The van der Waals surface area contributed by atoms with Crippen LogP contribution in [0.1, 0.15) is 61.3 Å². The van der Waals surface area contributed by atoms with Crippen LogP contribution in [0.15, 0.2) is 77.7 Å². The van der Waals surface area contributed by atoms with E-state index in [0.717, 1.165) is 47.9 Å². The molecule has 4 rings (SSSR count). The molecule has 2 amide bonds. The van der Waals surface area contributed by atoms with Gasteiger partial charge in [-0.15, -0.1) is 0 Å². The highest BCUT2D eigenvalue weighted by molar-refractivity contribution is 7.92. The van der Waals surface area contributed by atoms with Crippen LogP contribution in [0.4, 0.5) is 5.69 Å². The fourth-order valence-corrected chi connectivity index (χ4v) is 6.73. The van der Waals surface area contributed by atoms with Crippen LogP contribution in [-0.2, 0) is 26.2 Å². The van der Waals surface area contributed by atoms with E-state index in [1.54, 1.807) is 35.2 Å². The summed E-state index contributed by atoms with van der Waals surface area (Å²) in [6, 6.07) is 20.7. The number of anilines is 1. The predicted molar refractivity (Wildman–Crippen MR) is 163 cm³/mol. The van der Waals surface area contributed by atoms with Crippen LogP contribution in [0.2, 0.25) is 0 Å². The molecule has 0 spiro atoms. The Morgan fingerprint density at radius 3 is 2.17 bits per heavy atom. The Morgan fingerprint density at radius 1 is 0.902 bits per heavy atom. The van der Waals surface area contributed by atoms with Crippen LogP contribution in [0.5, 0.6) is 0 Å². The van der Waals surface area contributed by atoms with Crippen molar-refractivity contribution in [2.45, 2.75) is 83.3 Å². The number of amides is 2. The van der Waals surface area contributed by atoms with Crippen molar-refractivity contribution in [3.63, 3.8) is 0 Å². The summed E-state index contributed by atoms with van der Waals surface area (Å²) in [5, 5.41) is 3.15. The molecule has 0 aromatic heterocycles. The number of aryl methyl sites for hydroxylation is 3. The van der Waals surface area contributed by atoms with Crippen LogP contribution < -0.4 is 9.62 Å². The summed E-state index contributed by atoms with van der Waals surface area (Å²) in [4.78, 5) is 29.4. The van der Waals surface area contributed by atoms with E-state index in [0.29, 0.717) is 12.1 Å². The fraction of sp³-hybridized carbons (Fsp3) is 0.394. The standard InChI is InChI=1S/C33H41N3O4S/c1-5-31(33(38)34-28-11-9-10-12-28)35(22-27-18-15-24(2)16-19-27)32(37)23-36(29-20-17-25(3)26(4)21-29)41(39,40)30-13-7-6-8-14-30/h6-8,13-21,28,31H,5,9-12,22-23H2,1-4H3,(H,34,38)/t31-/m0/s1. The molecule has 0 unspecified atom stereocenters. The van der Waals surface area contributed by atoms with E-state index in [1.165, 1.54) is 16.4 Å². The number of rotatable bonds is 11. The zero-order valence-corrected chi connectivity index (χ0v) is 25.3. The minimum absolute atomic E-state index is 0.0992. The van der Waals surface area contributed by atoms with Crippen molar-refractivity contribution in [2.75, 3.05) is 10.8 Å². The lowest BCUT2D eigenvalue weighted by atomic mass is 10.1. The predicted octanol–water partition coefficient (Wildman–Crippen LogP) is 5.67. The second-order valence-electron chi connectivity index (χ2n) is 11.0. The van der Waals surface area contributed by atoms with E-state index in [1.807, 2.05) is 58.0 Å². The number of nitrogens with one attached hydrogen (secondary N) is 1. The maximum Gasteiger partial charge on any atom is 0.264 e. The molecule has 3 aromatic carbocycles. The number of nitrogens with zero attached hydrogens (tertiary/aromatic N) is 2. The molecule has 0 bridgehead atoms. The molecule has 1 atom stereocenters. The number of carbonyl (C=O) groups excluding carboxylic acids is 2. The van der Waals surface area contributed by atoms with Crippen LogP contribution >= 0.6 is 0 Å². The van der Waals surface area contributed by atoms with Gasteiger partial charge in [0.2, 0.25) is 11.8 Å². The third kappa shape index (κ3) is 7.36. The average molecular weight is 576 g/mol. The summed E-state index contributed by atoms with van der Waals surface area (Å²) in [5.41, 5.74) is 4.31. The smallest absolute Gasteiger partial charge is 0.264 e. The lowest BCUT2D eigenvalue weighted by molar-refractivity contribution is -0.140. The number of hydrogen-bond acceptors (Lipinski definition) is 4. The largest absolute Gasteiger partial charge is 0.352 e. The van der Waals surface area contributed by atoms with Gasteiger partial charge in [-0.05, 0) is 81.0 Å². The normalized spacial score (nSPS) is 14.4.